The highest BCUT2D eigenvalue weighted by Gasteiger charge is 2.08. The minimum atomic E-state index is -1.05. The molecule has 1 aromatic carbocycles. The predicted molar refractivity (Wildman–Crippen MR) is 88.0 cm³/mol. The van der Waals surface area contributed by atoms with Crippen molar-refractivity contribution >= 4 is 41.3 Å². The van der Waals surface area contributed by atoms with Crippen molar-refractivity contribution in [3.8, 4) is 0 Å². The summed E-state index contributed by atoms with van der Waals surface area (Å²) in [7, 11) is 0. The topological polar surface area (TPSA) is 66.4 Å². The Morgan fingerprint density at radius 2 is 2.19 bits per heavy atom. The maximum atomic E-state index is 12.0. The van der Waals surface area contributed by atoms with Crippen LogP contribution < -0.4 is 5.32 Å². The van der Waals surface area contributed by atoms with E-state index in [9.17, 15) is 9.59 Å². The summed E-state index contributed by atoms with van der Waals surface area (Å²) in [6.45, 7) is 2.72. The number of aliphatic carboxylic acids is 1. The number of thioether (sulfide) groups is 1. The van der Waals surface area contributed by atoms with Crippen molar-refractivity contribution in [3.63, 3.8) is 0 Å². The first-order valence-corrected chi connectivity index (χ1v) is 8.12. The molecule has 0 aliphatic rings. The first-order chi connectivity index (χ1) is 9.93. The summed E-state index contributed by atoms with van der Waals surface area (Å²) < 4.78 is 0. The van der Waals surface area contributed by atoms with Crippen LogP contribution in [0, 0.1) is 0 Å². The van der Waals surface area contributed by atoms with Crippen molar-refractivity contribution in [2.45, 2.75) is 18.6 Å². The second-order valence-corrected chi connectivity index (χ2v) is 6.18. The molecule has 2 N–H and O–H groups in total. The highest BCUT2D eigenvalue weighted by atomic mass is 35.5. The minimum Gasteiger partial charge on any atom is -0.478 e. The summed E-state index contributed by atoms with van der Waals surface area (Å²) >= 11 is 7.79. The molecule has 1 amide bonds. The van der Waals surface area contributed by atoms with E-state index in [0.717, 1.165) is 12.5 Å². The molecule has 1 unspecified atom stereocenters. The molecule has 0 aromatic heterocycles. The molecular formula is C15H18ClNO3S. The van der Waals surface area contributed by atoms with E-state index in [4.69, 9.17) is 16.7 Å². The van der Waals surface area contributed by atoms with Crippen molar-refractivity contribution in [1.29, 1.82) is 0 Å². The fraction of sp³-hybridized carbons (Fsp3) is 0.333. The Morgan fingerprint density at radius 1 is 1.48 bits per heavy atom. The highest BCUT2D eigenvalue weighted by Crippen LogP contribution is 2.19. The quantitative estimate of drug-likeness (QED) is 0.754. The fourth-order valence-corrected chi connectivity index (χ4v) is 2.17. The summed E-state index contributed by atoms with van der Waals surface area (Å²) in [5, 5.41) is 12.3. The van der Waals surface area contributed by atoms with Crippen LogP contribution in [0.25, 0.3) is 6.08 Å². The predicted octanol–water partition coefficient (Wildman–Crippen LogP) is 3.31. The lowest BCUT2D eigenvalue weighted by Crippen LogP contribution is -2.26. The van der Waals surface area contributed by atoms with Gasteiger partial charge >= 0.3 is 5.97 Å². The molecule has 114 valence electrons. The van der Waals surface area contributed by atoms with Gasteiger partial charge in [0.2, 0.25) is 0 Å². The van der Waals surface area contributed by atoms with Gasteiger partial charge in [0.15, 0.2) is 0 Å². The summed E-state index contributed by atoms with van der Waals surface area (Å²) in [5.74, 6) is -1.23. The van der Waals surface area contributed by atoms with Gasteiger partial charge in [-0.05, 0) is 36.4 Å². The van der Waals surface area contributed by atoms with Crippen LogP contribution in [0.2, 0.25) is 5.02 Å². The Hall–Kier alpha value is -1.46. The zero-order valence-corrected chi connectivity index (χ0v) is 13.5. The first-order valence-electron chi connectivity index (χ1n) is 6.45. The van der Waals surface area contributed by atoms with E-state index in [1.807, 2.05) is 6.26 Å². The number of hydrogen-bond acceptors (Lipinski definition) is 3. The van der Waals surface area contributed by atoms with E-state index in [1.54, 1.807) is 23.9 Å². The number of amides is 1. The molecule has 0 saturated heterocycles. The smallest absolute Gasteiger partial charge is 0.328 e. The number of benzene rings is 1. The number of carbonyl (C=O) groups is 2. The summed E-state index contributed by atoms with van der Waals surface area (Å²) in [6, 6.07) is 4.79. The molecule has 0 aliphatic carbocycles. The molecule has 6 heteroatoms. The van der Waals surface area contributed by atoms with Gasteiger partial charge in [0.25, 0.3) is 5.91 Å². The summed E-state index contributed by atoms with van der Waals surface area (Å²) in [4.78, 5) is 22.4. The van der Waals surface area contributed by atoms with Crippen LogP contribution in [0.3, 0.4) is 0 Å². The van der Waals surface area contributed by atoms with Gasteiger partial charge in [-0.3, -0.25) is 4.79 Å². The maximum Gasteiger partial charge on any atom is 0.328 e. The van der Waals surface area contributed by atoms with Gasteiger partial charge in [-0.15, -0.1) is 0 Å². The maximum absolute atomic E-state index is 12.0. The normalized spacial score (nSPS) is 12.3. The second-order valence-electron chi connectivity index (χ2n) is 4.50. The van der Waals surface area contributed by atoms with E-state index < -0.39 is 5.97 Å². The van der Waals surface area contributed by atoms with E-state index in [1.165, 1.54) is 12.1 Å². The molecule has 0 bridgehead atoms. The van der Waals surface area contributed by atoms with Crippen molar-refractivity contribution in [1.82, 2.24) is 5.32 Å². The van der Waals surface area contributed by atoms with Gasteiger partial charge in [0.05, 0.1) is 0 Å². The van der Waals surface area contributed by atoms with Crippen LogP contribution in [0.4, 0.5) is 0 Å². The average Bonchev–Trinajstić information content (AvgIpc) is 2.45. The number of carboxylic acids is 1. The van der Waals surface area contributed by atoms with Crippen LogP contribution in [-0.4, -0.2) is 35.0 Å². The summed E-state index contributed by atoms with van der Waals surface area (Å²) in [6.07, 6.45) is 5.34. The van der Waals surface area contributed by atoms with Crippen molar-refractivity contribution in [3.05, 3.63) is 40.4 Å². The van der Waals surface area contributed by atoms with E-state index in [0.29, 0.717) is 27.9 Å². The van der Waals surface area contributed by atoms with Gasteiger partial charge in [0.1, 0.15) is 0 Å². The van der Waals surface area contributed by atoms with Crippen molar-refractivity contribution in [2.75, 3.05) is 12.8 Å². The Bertz CT molecular complexity index is 546. The molecule has 1 rings (SSSR count). The Morgan fingerprint density at radius 3 is 2.76 bits per heavy atom. The standard InChI is InChI=1S/C15H18ClNO3S/c1-10(21-2)7-8-17-15(20)12-4-3-11(13(16)9-12)5-6-14(18)19/h3-6,9-10H,7-8H2,1-2H3,(H,17,20)(H,18,19)/b6-5+. The van der Waals surface area contributed by atoms with E-state index >= 15 is 0 Å². The number of carboxylic acid groups (broad SMARTS) is 1. The minimum absolute atomic E-state index is 0.182. The van der Waals surface area contributed by atoms with E-state index in [2.05, 4.69) is 12.2 Å². The number of rotatable bonds is 7. The summed E-state index contributed by atoms with van der Waals surface area (Å²) in [5.41, 5.74) is 1.02. The van der Waals surface area contributed by atoms with Gasteiger partial charge in [0, 0.05) is 28.5 Å². The van der Waals surface area contributed by atoms with Crippen molar-refractivity contribution < 1.29 is 14.7 Å². The highest BCUT2D eigenvalue weighted by molar-refractivity contribution is 7.99. The zero-order chi connectivity index (χ0) is 15.8. The van der Waals surface area contributed by atoms with Crippen LogP contribution in [0.1, 0.15) is 29.3 Å². The van der Waals surface area contributed by atoms with Gasteiger partial charge < -0.3 is 10.4 Å². The van der Waals surface area contributed by atoms with Crippen LogP contribution in [0.15, 0.2) is 24.3 Å². The second kappa shape index (κ2) is 8.74. The third kappa shape index (κ3) is 6.23. The Balaban J connectivity index is 2.66. The third-order valence-electron chi connectivity index (χ3n) is 2.91. The molecule has 0 spiro atoms. The largest absolute Gasteiger partial charge is 0.478 e. The first kappa shape index (κ1) is 17.6. The van der Waals surface area contributed by atoms with Crippen molar-refractivity contribution in [2.24, 2.45) is 0 Å². The average molecular weight is 328 g/mol. The van der Waals surface area contributed by atoms with Gasteiger partial charge in [-0.25, -0.2) is 4.79 Å². The number of halogens is 1. The molecular weight excluding hydrogens is 310 g/mol. The van der Waals surface area contributed by atoms with Crippen LogP contribution in [-0.2, 0) is 4.79 Å². The molecule has 1 atom stereocenters. The lowest BCUT2D eigenvalue weighted by Gasteiger charge is -2.09. The van der Waals surface area contributed by atoms with Crippen LogP contribution in [0.5, 0.6) is 0 Å². The van der Waals surface area contributed by atoms with Gasteiger partial charge in [-0.2, -0.15) is 11.8 Å². The SMILES string of the molecule is CSC(C)CCNC(=O)c1ccc(/C=C/C(=O)O)c(Cl)c1. The zero-order valence-electron chi connectivity index (χ0n) is 11.9. The number of nitrogens with one attached hydrogen (secondary N) is 1. The Kier molecular flexibility index (Phi) is 7.32. The number of hydrogen-bond donors (Lipinski definition) is 2. The molecule has 0 saturated carbocycles. The lowest BCUT2D eigenvalue weighted by atomic mass is 10.1. The molecule has 0 radical (unpaired) electrons. The van der Waals surface area contributed by atoms with Gasteiger partial charge in [-0.1, -0.05) is 24.6 Å². The molecule has 0 fully saturated rings. The third-order valence-corrected chi connectivity index (χ3v) is 4.27. The molecule has 1 aromatic rings. The monoisotopic (exact) mass is 327 g/mol. The molecule has 0 heterocycles. The van der Waals surface area contributed by atoms with Crippen LogP contribution >= 0.6 is 23.4 Å². The molecule has 0 aliphatic heterocycles. The van der Waals surface area contributed by atoms with E-state index in [-0.39, 0.29) is 5.91 Å². The molecule has 4 nitrogen and oxygen atoms in total. The molecule has 21 heavy (non-hydrogen) atoms. The number of carbonyl (C=O) groups excluding carboxylic acids is 1. The fourth-order valence-electron chi connectivity index (χ4n) is 1.57. The lowest BCUT2D eigenvalue weighted by molar-refractivity contribution is -0.131. The Labute approximate surface area is 133 Å².